The van der Waals surface area contributed by atoms with Crippen LogP contribution in [0.4, 0.5) is 0 Å². The van der Waals surface area contributed by atoms with Gasteiger partial charge in [0.1, 0.15) is 5.78 Å². The average molecular weight is 178 g/mol. The molecule has 0 amide bonds. The van der Waals surface area contributed by atoms with Gasteiger partial charge in [-0.2, -0.15) is 0 Å². The van der Waals surface area contributed by atoms with Crippen LogP contribution in [0.3, 0.4) is 0 Å². The van der Waals surface area contributed by atoms with E-state index in [-0.39, 0.29) is 21.7 Å². The summed E-state index contributed by atoms with van der Waals surface area (Å²) >= 11 is 0. The van der Waals surface area contributed by atoms with Crippen LogP contribution in [0.1, 0.15) is 13.3 Å². The predicted octanol–water partition coefficient (Wildman–Crippen LogP) is -0.383. The molecule has 0 rings (SSSR count). The van der Waals surface area contributed by atoms with Gasteiger partial charge in [-0.1, -0.05) is 0 Å². The van der Waals surface area contributed by atoms with Gasteiger partial charge in [-0.3, -0.25) is 9.59 Å². The summed E-state index contributed by atoms with van der Waals surface area (Å²) in [6.45, 7) is 1.17. The maximum absolute atomic E-state index is 10.1. The summed E-state index contributed by atoms with van der Waals surface area (Å²) in [7, 11) is 0. The van der Waals surface area contributed by atoms with Crippen molar-refractivity contribution in [2.24, 2.45) is 0 Å². The number of aliphatic carboxylic acids is 1. The van der Waals surface area contributed by atoms with Crippen LogP contribution in [0.25, 0.3) is 0 Å². The molecule has 4 nitrogen and oxygen atoms in total. The Balaban J connectivity index is 0. The quantitative estimate of drug-likeness (QED) is 0.363. The van der Waals surface area contributed by atoms with Crippen molar-refractivity contribution < 1.29 is 41.2 Å². The van der Waals surface area contributed by atoms with Crippen molar-refractivity contribution >= 4 is 17.5 Å². The second kappa shape index (κ2) is 5.32. The number of carboxylic acid groups (broad SMARTS) is 1. The second-order valence-corrected chi connectivity index (χ2v) is 1.61. The second-order valence-electron chi connectivity index (χ2n) is 1.61. The Kier molecular flexibility index (Phi) is 6.50. The third-order valence-electron chi connectivity index (χ3n) is 0.648. The van der Waals surface area contributed by atoms with Gasteiger partial charge in [0, 0.05) is 21.7 Å². The van der Waals surface area contributed by atoms with Gasteiger partial charge >= 0.3 is 5.97 Å². The first-order chi connectivity index (χ1) is 4.04. The number of carboxylic acids is 1. The minimum absolute atomic E-state index is 0. The molecule has 0 bridgehead atoms. The number of ketones is 2. The SMILES string of the molecule is CC(=O)CC(=O)C(=O)O.[Ti]. The van der Waals surface area contributed by atoms with E-state index in [4.69, 9.17) is 5.11 Å². The molecule has 0 atom stereocenters. The number of hydrogen-bond acceptors (Lipinski definition) is 3. The molecule has 0 spiro atoms. The topological polar surface area (TPSA) is 71.4 Å². The van der Waals surface area contributed by atoms with Gasteiger partial charge in [0.05, 0.1) is 6.42 Å². The molecule has 0 unspecified atom stereocenters. The van der Waals surface area contributed by atoms with E-state index >= 15 is 0 Å². The Morgan fingerprint density at radius 1 is 1.30 bits per heavy atom. The monoisotopic (exact) mass is 178 g/mol. The Morgan fingerprint density at radius 2 is 1.70 bits per heavy atom. The van der Waals surface area contributed by atoms with Crippen molar-refractivity contribution in [1.82, 2.24) is 0 Å². The van der Waals surface area contributed by atoms with E-state index in [0.29, 0.717) is 0 Å². The number of hydrogen-bond donors (Lipinski definition) is 1. The maximum Gasteiger partial charge on any atom is 0.372 e. The van der Waals surface area contributed by atoms with Crippen LogP contribution < -0.4 is 0 Å². The van der Waals surface area contributed by atoms with Crippen molar-refractivity contribution in [2.75, 3.05) is 0 Å². The van der Waals surface area contributed by atoms with Gasteiger partial charge in [0.25, 0.3) is 0 Å². The molecule has 0 radical (unpaired) electrons. The van der Waals surface area contributed by atoms with E-state index in [1.165, 1.54) is 6.92 Å². The molecule has 0 aliphatic heterocycles. The molecular weight excluding hydrogens is 172 g/mol. The summed E-state index contributed by atoms with van der Waals surface area (Å²) in [5, 5.41) is 7.93. The minimum atomic E-state index is -1.55. The third-order valence-corrected chi connectivity index (χ3v) is 0.648. The van der Waals surface area contributed by atoms with E-state index in [2.05, 4.69) is 0 Å². The number of rotatable bonds is 3. The molecule has 0 aromatic carbocycles. The summed E-state index contributed by atoms with van der Waals surface area (Å²) in [4.78, 5) is 29.9. The van der Waals surface area contributed by atoms with E-state index in [9.17, 15) is 14.4 Å². The molecule has 0 aliphatic rings. The molecule has 0 aliphatic carbocycles. The van der Waals surface area contributed by atoms with E-state index in [0.717, 1.165) is 0 Å². The van der Waals surface area contributed by atoms with Crippen molar-refractivity contribution in [3.8, 4) is 0 Å². The first-order valence-electron chi connectivity index (χ1n) is 2.29. The molecule has 0 saturated carbocycles. The van der Waals surface area contributed by atoms with Crippen LogP contribution in [0.2, 0.25) is 0 Å². The van der Waals surface area contributed by atoms with Gasteiger partial charge < -0.3 is 5.11 Å². The van der Waals surface area contributed by atoms with Gasteiger partial charge in [-0.15, -0.1) is 0 Å². The first-order valence-corrected chi connectivity index (χ1v) is 2.29. The zero-order valence-corrected chi connectivity index (χ0v) is 6.94. The van der Waals surface area contributed by atoms with Gasteiger partial charge in [0.2, 0.25) is 5.78 Å². The van der Waals surface area contributed by atoms with Crippen LogP contribution >= 0.6 is 0 Å². The van der Waals surface area contributed by atoms with Crippen LogP contribution in [0, 0.1) is 0 Å². The van der Waals surface area contributed by atoms with Crippen LogP contribution in [-0.2, 0) is 36.1 Å². The van der Waals surface area contributed by atoms with Crippen LogP contribution in [0.15, 0.2) is 0 Å². The zero-order chi connectivity index (χ0) is 7.44. The summed E-state index contributed by atoms with van der Waals surface area (Å²) < 4.78 is 0. The maximum atomic E-state index is 10.1. The predicted molar refractivity (Wildman–Crippen MR) is 27.9 cm³/mol. The fraction of sp³-hybridized carbons (Fsp3) is 0.400. The van der Waals surface area contributed by atoms with Crippen molar-refractivity contribution in [1.29, 1.82) is 0 Å². The molecule has 0 heterocycles. The normalized spacial score (nSPS) is 7.70. The average Bonchev–Trinajstić information content (AvgIpc) is 1.63. The largest absolute Gasteiger partial charge is 0.475 e. The molecule has 0 saturated heterocycles. The van der Waals surface area contributed by atoms with Crippen molar-refractivity contribution in [3.05, 3.63) is 0 Å². The summed E-state index contributed by atoms with van der Waals surface area (Å²) in [6.07, 6.45) is -0.505. The number of carbonyl (C=O) groups is 3. The fourth-order valence-electron chi connectivity index (χ4n) is 0.302. The van der Waals surface area contributed by atoms with Crippen LogP contribution in [0.5, 0.6) is 0 Å². The molecule has 0 aromatic heterocycles. The zero-order valence-electron chi connectivity index (χ0n) is 5.38. The Bertz CT molecular complexity index is 163. The van der Waals surface area contributed by atoms with Crippen molar-refractivity contribution in [2.45, 2.75) is 13.3 Å². The minimum Gasteiger partial charge on any atom is -0.475 e. The number of Topliss-reactive ketones (excluding diaryl/α,β-unsaturated/α-hetero) is 2. The summed E-state index contributed by atoms with van der Waals surface area (Å²) in [6, 6.07) is 0. The molecule has 1 N–H and O–H groups in total. The summed E-state index contributed by atoms with van der Waals surface area (Å²) in [5.74, 6) is -3.03. The molecule has 10 heavy (non-hydrogen) atoms. The van der Waals surface area contributed by atoms with Gasteiger partial charge in [-0.25, -0.2) is 4.79 Å². The van der Waals surface area contributed by atoms with E-state index in [1.807, 2.05) is 0 Å². The molecular formula is C5H6O4Ti. The Morgan fingerprint density at radius 3 is 1.80 bits per heavy atom. The van der Waals surface area contributed by atoms with Gasteiger partial charge in [-0.05, 0) is 6.92 Å². The van der Waals surface area contributed by atoms with Crippen LogP contribution in [-0.4, -0.2) is 22.6 Å². The summed E-state index contributed by atoms with van der Waals surface area (Å²) in [5.41, 5.74) is 0. The van der Waals surface area contributed by atoms with Crippen molar-refractivity contribution in [3.63, 3.8) is 0 Å². The number of carbonyl (C=O) groups excluding carboxylic acids is 2. The first kappa shape index (κ1) is 12.2. The van der Waals surface area contributed by atoms with Gasteiger partial charge in [0.15, 0.2) is 0 Å². The Hall–Kier alpha value is -0.476. The molecule has 54 valence electrons. The van der Waals surface area contributed by atoms with E-state index < -0.39 is 24.0 Å². The molecule has 0 aromatic rings. The molecule has 0 fully saturated rings. The molecule has 5 heteroatoms. The smallest absolute Gasteiger partial charge is 0.372 e. The van der Waals surface area contributed by atoms with E-state index in [1.54, 1.807) is 0 Å². The third kappa shape index (κ3) is 5.66. The fourth-order valence-corrected chi connectivity index (χ4v) is 0.302. The Labute approximate surface area is 72.5 Å². The standard InChI is InChI=1S/C5H6O4.Ti/c1-3(6)2-4(7)5(8)9;/h2H2,1H3,(H,8,9);.